The Bertz CT molecular complexity index is 673. The molecule has 0 fully saturated rings. The summed E-state index contributed by atoms with van der Waals surface area (Å²) in [7, 11) is 4.13. The van der Waals surface area contributed by atoms with Crippen molar-refractivity contribution < 1.29 is 4.79 Å². The molecule has 0 aliphatic carbocycles. The van der Waals surface area contributed by atoms with Crippen LogP contribution in [0.25, 0.3) is 10.9 Å². The maximum absolute atomic E-state index is 12.3. The largest absolute Gasteiger partial charge is 0.346 e. The SMILES string of the molecule is CCCC(C)(N)C(=O)Nc1ccc2ccn(CCN(C)C)c2c1. The van der Waals surface area contributed by atoms with Gasteiger partial charge >= 0.3 is 0 Å². The lowest BCUT2D eigenvalue weighted by molar-refractivity contribution is -0.120. The smallest absolute Gasteiger partial charge is 0.244 e. The van der Waals surface area contributed by atoms with E-state index in [1.807, 2.05) is 25.1 Å². The van der Waals surface area contributed by atoms with E-state index in [9.17, 15) is 4.79 Å². The number of carbonyl (C=O) groups excluding carboxylic acids is 1. The first-order valence-corrected chi connectivity index (χ1v) is 8.17. The topological polar surface area (TPSA) is 63.3 Å². The van der Waals surface area contributed by atoms with Crippen molar-refractivity contribution in [2.75, 3.05) is 26.0 Å². The minimum absolute atomic E-state index is 0.134. The molecule has 2 rings (SSSR count). The molecule has 2 aromatic rings. The van der Waals surface area contributed by atoms with Crippen LogP contribution in [0.2, 0.25) is 0 Å². The normalized spacial score (nSPS) is 14.2. The van der Waals surface area contributed by atoms with E-state index in [1.54, 1.807) is 6.92 Å². The Labute approximate surface area is 138 Å². The van der Waals surface area contributed by atoms with Gasteiger partial charge in [0.2, 0.25) is 5.91 Å². The molecule has 0 saturated heterocycles. The van der Waals surface area contributed by atoms with E-state index in [2.05, 4.69) is 41.1 Å². The lowest BCUT2D eigenvalue weighted by Crippen LogP contribution is -2.48. The highest BCUT2D eigenvalue weighted by molar-refractivity contribution is 5.99. The van der Waals surface area contributed by atoms with Crippen molar-refractivity contribution in [2.45, 2.75) is 38.8 Å². The van der Waals surface area contributed by atoms with Gasteiger partial charge in [0.15, 0.2) is 0 Å². The van der Waals surface area contributed by atoms with Gasteiger partial charge in [-0.25, -0.2) is 0 Å². The summed E-state index contributed by atoms with van der Waals surface area (Å²) in [5.74, 6) is -0.134. The van der Waals surface area contributed by atoms with E-state index in [0.29, 0.717) is 6.42 Å². The summed E-state index contributed by atoms with van der Waals surface area (Å²) in [6, 6.07) is 8.08. The van der Waals surface area contributed by atoms with Crippen molar-refractivity contribution in [3.63, 3.8) is 0 Å². The lowest BCUT2D eigenvalue weighted by Gasteiger charge is -2.23. The van der Waals surface area contributed by atoms with Crippen LogP contribution in [0.4, 0.5) is 5.69 Å². The number of fused-ring (bicyclic) bond motifs is 1. The Kier molecular flexibility index (Phi) is 5.44. The molecule has 5 nitrogen and oxygen atoms in total. The van der Waals surface area contributed by atoms with Crippen LogP contribution in [-0.4, -0.2) is 41.6 Å². The molecule has 1 atom stereocenters. The Morgan fingerprint density at radius 3 is 2.74 bits per heavy atom. The highest BCUT2D eigenvalue weighted by Gasteiger charge is 2.27. The predicted octanol–water partition coefficient (Wildman–Crippen LogP) is 2.66. The lowest BCUT2D eigenvalue weighted by atomic mass is 9.96. The summed E-state index contributed by atoms with van der Waals surface area (Å²) >= 11 is 0. The van der Waals surface area contributed by atoms with E-state index in [0.717, 1.165) is 30.7 Å². The summed E-state index contributed by atoms with van der Waals surface area (Å²) in [6.45, 7) is 5.70. The van der Waals surface area contributed by atoms with Crippen LogP contribution in [0.1, 0.15) is 26.7 Å². The fourth-order valence-electron chi connectivity index (χ4n) is 2.67. The molecule has 126 valence electrons. The summed E-state index contributed by atoms with van der Waals surface area (Å²) in [4.78, 5) is 14.5. The second-order valence-corrected chi connectivity index (χ2v) is 6.71. The molecule has 3 N–H and O–H groups in total. The fourth-order valence-corrected chi connectivity index (χ4v) is 2.67. The molecule has 1 unspecified atom stereocenters. The monoisotopic (exact) mass is 316 g/mol. The van der Waals surface area contributed by atoms with Crippen LogP contribution in [0.3, 0.4) is 0 Å². The third-order valence-electron chi connectivity index (χ3n) is 4.11. The molecule has 1 aromatic heterocycles. The van der Waals surface area contributed by atoms with Gasteiger partial charge in [0, 0.05) is 25.0 Å². The molecule has 23 heavy (non-hydrogen) atoms. The third-order valence-corrected chi connectivity index (χ3v) is 4.11. The summed E-state index contributed by atoms with van der Waals surface area (Å²) in [5, 5.41) is 4.13. The van der Waals surface area contributed by atoms with Crippen LogP contribution in [0.15, 0.2) is 30.5 Å². The van der Waals surface area contributed by atoms with Gasteiger partial charge in [-0.1, -0.05) is 19.4 Å². The highest BCUT2D eigenvalue weighted by atomic mass is 16.2. The van der Waals surface area contributed by atoms with Gasteiger partial charge in [0.25, 0.3) is 0 Å². The number of anilines is 1. The Balaban J connectivity index is 2.19. The van der Waals surface area contributed by atoms with E-state index in [1.165, 1.54) is 5.39 Å². The number of aromatic nitrogens is 1. The maximum atomic E-state index is 12.3. The predicted molar refractivity (Wildman–Crippen MR) is 96.6 cm³/mol. The van der Waals surface area contributed by atoms with Crippen molar-refractivity contribution in [1.82, 2.24) is 9.47 Å². The molecule has 1 aromatic carbocycles. The summed E-state index contributed by atoms with van der Waals surface area (Å²) < 4.78 is 2.21. The number of rotatable bonds is 7. The average molecular weight is 316 g/mol. The number of nitrogens with zero attached hydrogens (tertiary/aromatic N) is 2. The van der Waals surface area contributed by atoms with Gasteiger partial charge in [-0.05, 0) is 51.0 Å². The molecular weight excluding hydrogens is 288 g/mol. The van der Waals surface area contributed by atoms with Crippen molar-refractivity contribution in [3.05, 3.63) is 30.5 Å². The zero-order valence-corrected chi connectivity index (χ0v) is 14.6. The molecule has 0 bridgehead atoms. The maximum Gasteiger partial charge on any atom is 0.244 e. The number of benzene rings is 1. The van der Waals surface area contributed by atoms with Crippen LogP contribution >= 0.6 is 0 Å². The molecule has 0 aliphatic heterocycles. The number of carbonyl (C=O) groups is 1. The second-order valence-electron chi connectivity index (χ2n) is 6.71. The number of hydrogen-bond acceptors (Lipinski definition) is 3. The Morgan fingerprint density at radius 1 is 1.35 bits per heavy atom. The molecule has 1 heterocycles. The third kappa shape index (κ3) is 4.33. The van der Waals surface area contributed by atoms with Crippen LogP contribution in [0, 0.1) is 0 Å². The highest BCUT2D eigenvalue weighted by Crippen LogP contribution is 2.22. The number of likely N-dealkylation sites (N-methyl/N-ethyl adjacent to an activating group) is 1. The van der Waals surface area contributed by atoms with Gasteiger partial charge < -0.3 is 20.5 Å². The van der Waals surface area contributed by atoms with E-state index < -0.39 is 5.54 Å². The Hall–Kier alpha value is -1.85. The fraction of sp³-hybridized carbons (Fsp3) is 0.500. The molecule has 0 aliphatic rings. The van der Waals surface area contributed by atoms with E-state index >= 15 is 0 Å². The molecule has 0 saturated carbocycles. The number of nitrogens with two attached hydrogens (primary N) is 1. The molecule has 1 amide bonds. The zero-order valence-electron chi connectivity index (χ0n) is 14.6. The number of amides is 1. The first-order valence-electron chi connectivity index (χ1n) is 8.17. The molecule has 0 spiro atoms. The van der Waals surface area contributed by atoms with Gasteiger partial charge in [-0.15, -0.1) is 0 Å². The minimum atomic E-state index is -0.837. The molecule has 5 heteroatoms. The summed E-state index contributed by atoms with van der Waals surface area (Å²) in [5.41, 5.74) is 7.18. The minimum Gasteiger partial charge on any atom is -0.346 e. The quantitative estimate of drug-likeness (QED) is 0.825. The average Bonchev–Trinajstić information content (AvgIpc) is 2.87. The first kappa shape index (κ1) is 17.5. The zero-order chi connectivity index (χ0) is 17.0. The molecular formula is C18H28N4O. The number of hydrogen-bond donors (Lipinski definition) is 2. The van der Waals surface area contributed by atoms with E-state index in [4.69, 9.17) is 5.73 Å². The van der Waals surface area contributed by atoms with Gasteiger partial charge in [-0.3, -0.25) is 4.79 Å². The first-order chi connectivity index (χ1) is 10.8. The van der Waals surface area contributed by atoms with Crippen molar-refractivity contribution in [3.8, 4) is 0 Å². The van der Waals surface area contributed by atoms with Crippen molar-refractivity contribution in [1.29, 1.82) is 0 Å². The van der Waals surface area contributed by atoms with Crippen molar-refractivity contribution in [2.24, 2.45) is 5.73 Å². The summed E-state index contributed by atoms with van der Waals surface area (Å²) in [6.07, 6.45) is 3.64. The number of nitrogens with one attached hydrogen (secondary N) is 1. The van der Waals surface area contributed by atoms with Crippen LogP contribution in [0.5, 0.6) is 0 Å². The Morgan fingerprint density at radius 2 is 2.09 bits per heavy atom. The van der Waals surface area contributed by atoms with Gasteiger partial charge in [0.1, 0.15) is 0 Å². The molecule has 0 radical (unpaired) electrons. The van der Waals surface area contributed by atoms with Gasteiger partial charge in [-0.2, -0.15) is 0 Å². The van der Waals surface area contributed by atoms with Crippen LogP contribution < -0.4 is 11.1 Å². The van der Waals surface area contributed by atoms with Crippen LogP contribution in [-0.2, 0) is 11.3 Å². The second kappa shape index (κ2) is 7.15. The van der Waals surface area contributed by atoms with E-state index in [-0.39, 0.29) is 5.91 Å². The van der Waals surface area contributed by atoms with Gasteiger partial charge in [0.05, 0.1) is 11.1 Å². The van der Waals surface area contributed by atoms with Crippen molar-refractivity contribution >= 4 is 22.5 Å². The standard InChI is InChI=1S/C18H28N4O/c1-5-9-18(2,19)17(23)20-15-7-6-14-8-10-22(16(14)13-15)12-11-21(3)4/h6-8,10,13H,5,9,11-12,19H2,1-4H3,(H,20,23).